The summed E-state index contributed by atoms with van der Waals surface area (Å²) >= 11 is 0. The minimum atomic E-state index is -0.867. The van der Waals surface area contributed by atoms with Crippen LogP contribution in [0.15, 0.2) is 42.5 Å². The fourth-order valence-electron chi connectivity index (χ4n) is 4.39. The van der Waals surface area contributed by atoms with E-state index in [1.807, 2.05) is 12.1 Å². The molecule has 1 heterocycles. The summed E-state index contributed by atoms with van der Waals surface area (Å²) in [5.41, 5.74) is 6.41. The standard InChI is InChI=1S/C23H25NO2/c1-15-8-10-17(11-9-15)22-16(2)20-14-18(23(25)26)12-13-21(20)24(22)19-6-4-3-5-7-19/h8-14,19H,3-7H2,1-2H3,(H,25,26). The molecule has 1 N–H and O–H groups in total. The maximum Gasteiger partial charge on any atom is 0.335 e. The van der Waals surface area contributed by atoms with Crippen molar-refractivity contribution in [2.45, 2.75) is 52.0 Å². The van der Waals surface area contributed by atoms with Crippen molar-refractivity contribution in [1.82, 2.24) is 4.57 Å². The first kappa shape index (κ1) is 16.9. The summed E-state index contributed by atoms with van der Waals surface area (Å²) in [4.78, 5) is 11.4. The van der Waals surface area contributed by atoms with Gasteiger partial charge in [-0.2, -0.15) is 0 Å². The highest BCUT2D eigenvalue weighted by molar-refractivity contribution is 5.98. The molecule has 0 spiro atoms. The molecule has 3 heteroatoms. The van der Waals surface area contributed by atoms with Gasteiger partial charge in [0.05, 0.1) is 11.3 Å². The summed E-state index contributed by atoms with van der Waals surface area (Å²) in [5.74, 6) is -0.867. The summed E-state index contributed by atoms with van der Waals surface area (Å²) in [6.45, 7) is 4.23. The molecule has 0 aliphatic heterocycles. The molecule has 0 amide bonds. The maximum atomic E-state index is 11.4. The predicted molar refractivity (Wildman–Crippen MR) is 106 cm³/mol. The summed E-state index contributed by atoms with van der Waals surface area (Å²) in [7, 11) is 0. The summed E-state index contributed by atoms with van der Waals surface area (Å²) < 4.78 is 2.49. The van der Waals surface area contributed by atoms with Crippen molar-refractivity contribution < 1.29 is 9.90 Å². The van der Waals surface area contributed by atoms with Crippen LogP contribution < -0.4 is 0 Å². The second kappa shape index (κ2) is 6.64. The van der Waals surface area contributed by atoms with E-state index >= 15 is 0 Å². The number of fused-ring (bicyclic) bond motifs is 1. The molecule has 1 aliphatic rings. The quantitative estimate of drug-likeness (QED) is 0.619. The van der Waals surface area contributed by atoms with Crippen LogP contribution in [0.2, 0.25) is 0 Å². The molecule has 3 aromatic rings. The summed E-state index contributed by atoms with van der Waals surface area (Å²) in [6, 6.07) is 14.7. The Morgan fingerprint density at radius 2 is 1.69 bits per heavy atom. The van der Waals surface area contributed by atoms with Crippen LogP contribution in [0.5, 0.6) is 0 Å². The maximum absolute atomic E-state index is 11.4. The van der Waals surface area contributed by atoms with Gasteiger partial charge in [-0.1, -0.05) is 49.1 Å². The van der Waals surface area contributed by atoms with E-state index in [1.165, 1.54) is 54.5 Å². The van der Waals surface area contributed by atoms with Crippen molar-refractivity contribution >= 4 is 16.9 Å². The van der Waals surface area contributed by atoms with Gasteiger partial charge in [-0.15, -0.1) is 0 Å². The van der Waals surface area contributed by atoms with Gasteiger partial charge in [0.15, 0.2) is 0 Å². The van der Waals surface area contributed by atoms with Crippen LogP contribution in [0.3, 0.4) is 0 Å². The number of nitrogens with zero attached hydrogens (tertiary/aromatic N) is 1. The number of aromatic nitrogens is 1. The zero-order chi connectivity index (χ0) is 18.3. The molecule has 0 radical (unpaired) electrons. The summed E-state index contributed by atoms with van der Waals surface area (Å²) in [6.07, 6.45) is 6.25. The van der Waals surface area contributed by atoms with Crippen molar-refractivity contribution in [1.29, 1.82) is 0 Å². The zero-order valence-corrected chi connectivity index (χ0v) is 15.5. The molecule has 0 bridgehead atoms. The summed E-state index contributed by atoms with van der Waals surface area (Å²) in [5, 5.41) is 10.5. The van der Waals surface area contributed by atoms with Gasteiger partial charge in [0.1, 0.15) is 0 Å². The average molecular weight is 347 g/mol. The second-order valence-electron chi connectivity index (χ2n) is 7.54. The highest BCUT2D eigenvalue weighted by atomic mass is 16.4. The van der Waals surface area contributed by atoms with Crippen LogP contribution in [0.1, 0.15) is 59.6 Å². The molecule has 2 aromatic carbocycles. The first-order chi connectivity index (χ1) is 12.6. The molecule has 1 aromatic heterocycles. The molecule has 0 saturated heterocycles. The third kappa shape index (κ3) is 2.82. The molecule has 4 rings (SSSR count). The van der Waals surface area contributed by atoms with Gasteiger partial charge in [-0.25, -0.2) is 4.79 Å². The first-order valence-corrected chi connectivity index (χ1v) is 9.51. The lowest BCUT2D eigenvalue weighted by atomic mass is 9.94. The molecule has 1 aliphatic carbocycles. The normalized spacial score (nSPS) is 15.5. The van der Waals surface area contributed by atoms with Crippen LogP contribution in [0.4, 0.5) is 0 Å². The number of rotatable bonds is 3. The second-order valence-corrected chi connectivity index (χ2v) is 7.54. The van der Waals surface area contributed by atoms with Gasteiger partial charge >= 0.3 is 5.97 Å². The van der Waals surface area contributed by atoms with E-state index in [9.17, 15) is 9.90 Å². The van der Waals surface area contributed by atoms with E-state index in [4.69, 9.17) is 0 Å². The SMILES string of the molecule is Cc1ccc(-c2c(C)c3cc(C(=O)O)ccc3n2C2CCCCC2)cc1. The van der Waals surface area contributed by atoms with E-state index in [2.05, 4.69) is 42.7 Å². The van der Waals surface area contributed by atoms with Crippen LogP contribution in [0, 0.1) is 13.8 Å². The molecular weight excluding hydrogens is 322 g/mol. The number of carboxylic acid groups (broad SMARTS) is 1. The molecule has 0 atom stereocenters. The number of aryl methyl sites for hydroxylation is 2. The third-order valence-corrected chi connectivity index (χ3v) is 5.77. The monoisotopic (exact) mass is 347 g/mol. The Morgan fingerprint density at radius 3 is 2.35 bits per heavy atom. The largest absolute Gasteiger partial charge is 0.478 e. The molecule has 26 heavy (non-hydrogen) atoms. The molecule has 1 fully saturated rings. The van der Waals surface area contributed by atoms with Crippen molar-refractivity contribution in [3.63, 3.8) is 0 Å². The fraction of sp³-hybridized carbons (Fsp3) is 0.348. The van der Waals surface area contributed by atoms with Crippen molar-refractivity contribution in [3.05, 3.63) is 59.2 Å². The number of hydrogen-bond acceptors (Lipinski definition) is 1. The zero-order valence-electron chi connectivity index (χ0n) is 15.5. The Morgan fingerprint density at radius 1 is 1.00 bits per heavy atom. The van der Waals surface area contributed by atoms with E-state index in [1.54, 1.807) is 6.07 Å². The van der Waals surface area contributed by atoms with Crippen LogP contribution in [-0.2, 0) is 0 Å². The smallest absolute Gasteiger partial charge is 0.335 e. The Bertz CT molecular complexity index is 960. The third-order valence-electron chi connectivity index (χ3n) is 5.77. The molecule has 134 valence electrons. The predicted octanol–water partition coefficient (Wildman–Crippen LogP) is 6.13. The van der Waals surface area contributed by atoms with E-state index in [0.717, 1.165) is 10.9 Å². The number of aromatic carboxylic acids is 1. The first-order valence-electron chi connectivity index (χ1n) is 9.51. The molecular formula is C23H25NO2. The average Bonchev–Trinajstić information content (AvgIpc) is 2.95. The lowest BCUT2D eigenvalue weighted by Gasteiger charge is -2.27. The van der Waals surface area contributed by atoms with Crippen molar-refractivity contribution in [2.24, 2.45) is 0 Å². The number of benzene rings is 2. The molecule has 1 saturated carbocycles. The Kier molecular flexibility index (Phi) is 4.31. The van der Waals surface area contributed by atoms with Crippen LogP contribution >= 0.6 is 0 Å². The minimum absolute atomic E-state index is 0.358. The van der Waals surface area contributed by atoms with Crippen LogP contribution in [-0.4, -0.2) is 15.6 Å². The van der Waals surface area contributed by atoms with Crippen molar-refractivity contribution in [3.8, 4) is 11.3 Å². The van der Waals surface area contributed by atoms with Gasteiger partial charge in [0, 0.05) is 16.9 Å². The Labute approximate surface area is 154 Å². The van der Waals surface area contributed by atoms with Crippen LogP contribution in [0.25, 0.3) is 22.2 Å². The van der Waals surface area contributed by atoms with Gasteiger partial charge in [0.25, 0.3) is 0 Å². The molecule has 0 unspecified atom stereocenters. The lowest BCUT2D eigenvalue weighted by molar-refractivity contribution is 0.0697. The highest BCUT2D eigenvalue weighted by Gasteiger charge is 2.24. The Hall–Kier alpha value is -2.55. The van der Waals surface area contributed by atoms with E-state index < -0.39 is 5.97 Å². The highest BCUT2D eigenvalue weighted by Crippen LogP contribution is 2.40. The lowest BCUT2D eigenvalue weighted by Crippen LogP contribution is -2.14. The number of carboxylic acids is 1. The Balaban J connectivity index is 1.99. The van der Waals surface area contributed by atoms with E-state index in [0.29, 0.717) is 11.6 Å². The fourth-order valence-corrected chi connectivity index (χ4v) is 4.39. The topological polar surface area (TPSA) is 42.2 Å². The van der Waals surface area contributed by atoms with Gasteiger partial charge in [0.2, 0.25) is 0 Å². The number of carbonyl (C=O) groups is 1. The number of hydrogen-bond donors (Lipinski definition) is 1. The van der Waals surface area contributed by atoms with Gasteiger partial charge < -0.3 is 9.67 Å². The van der Waals surface area contributed by atoms with Gasteiger partial charge in [-0.05, 0) is 56.0 Å². The van der Waals surface area contributed by atoms with Gasteiger partial charge in [-0.3, -0.25) is 0 Å². The van der Waals surface area contributed by atoms with E-state index in [-0.39, 0.29) is 0 Å². The minimum Gasteiger partial charge on any atom is -0.478 e. The molecule has 3 nitrogen and oxygen atoms in total. The van der Waals surface area contributed by atoms with Crippen molar-refractivity contribution in [2.75, 3.05) is 0 Å².